The van der Waals surface area contributed by atoms with Gasteiger partial charge in [-0.05, 0) is 37.7 Å². The Balaban J connectivity index is 1.93. The summed E-state index contributed by atoms with van der Waals surface area (Å²) in [6.45, 7) is 1.71. The van der Waals surface area contributed by atoms with Gasteiger partial charge in [-0.25, -0.2) is 23.0 Å². The Morgan fingerprint density at radius 3 is 2.32 bits per heavy atom. The highest BCUT2D eigenvalue weighted by Gasteiger charge is 2.51. The van der Waals surface area contributed by atoms with Crippen LogP contribution in [0.3, 0.4) is 0 Å². The number of hydrogen-bond donors (Lipinski definition) is 1. The van der Waals surface area contributed by atoms with Crippen molar-refractivity contribution in [2.24, 2.45) is 0 Å². The minimum absolute atomic E-state index is 0.0939. The molecule has 1 aliphatic heterocycles. The molecule has 2 aromatic carbocycles. The topological polar surface area (TPSA) is 84.3 Å². The van der Waals surface area contributed by atoms with Crippen LogP contribution >= 0.6 is 23.2 Å². The Hall–Kier alpha value is -2.33. The minimum atomic E-state index is -3.88. The van der Waals surface area contributed by atoms with Crippen molar-refractivity contribution in [3.05, 3.63) is 64.3 Å². The van der Waals surface area contributed by atoms with Gasteiger partial charge in [-0.15, -0.1) is 0 Å². The summed E-state index contributed by atoms with van der Waals surface area (Å²) < 4.78 is 29.2. The molecule has 0 saturated heterocycles. The highest BCUT2D eigenvalue weighted by Crippen LogP contribution is 2.44. The monoisotopic (exact) mass is 476 g/mol. The average molecular weight is 477 g/mol. The highest BCUT2D eigenvalue weighted by molar-refractivity contribution is 7.89. The van der Waals surface area contributed by atoms with E-state index in [0.29, 0.717) is 15.7 Å². The predicted molar refractivity (Wildman–Crippen MR) is 124 cm³/mol. The molecule has 160 valence electrons. The number of sulfonamides is 1. The SMILES string of the molecule is Bc1ccc(C[C@]2(C)C(=O)N(c3cc(Cl)cc(Cl)c3)c3ncc(S(=O)(=O)NC)n32)cc1. The van der Waals surface area contributed by atoms with Crippen LogP contribution in [0.15, 0.2) is 53.7 Å². The number of fused-ring (bicyclic) bond motifs is 1. The largest absolute Gasteiger partial charge is 0.284 e. The molecule has 1 amide bonds. The number of aromatic nitrogens is 2. The van der Waals surface area contributed by atoms with Gasteiger partial charge in [-0.2, -0.15) is 0 Å². The summed E-state index contributed by atoms with van der Waals surface area (Å²) in [5, 5.41) is 0.607. The normalized spacial score (nSPS) is 18.5. The van der Waals surface area contributed by atoms with Crippen molar-refractivity contribution >= 4 is 64.1 Å². The van der Waals surface area contributed by atoms with Crippen molar-refractivity contribution in [1.29, 1.82) is 0 Å². The van der Waals surface area contributed by atoms with Gasteiger partial charge in [-0.1, -0.05) is 52.9 Å². The molecule has 1 aromatic heterocycles. The van der Waals surface area contributed by atoms with Gasteiger partial charge < -0.3 is 0 Å². The third-order valence-corrected chi connectivity index (χ3v) is 7.20. The lowest BCUT2D eigenvalue weighted by Gasteiger charge is -2.26. The van der Waals surface area contributed by atoms with Crippen molar-refractivity contribution in [2.45, 2.75) is 23.9 Å². The van der Waals surface area contributed by atoms with Gasteiger partial charge in [0.1, 0.15) is 13.4 Å². The smallest absolute Gasteiger partial charge is 0.260 e. The maximum Gasteiger partial charge on any atom is 0.260 e. The van der Waals surface area contributed by atoms with Crippen molar-refractivity contribution in [3.63, 3.8) is 0 Å². The zero-order valence-corrected chi connectivity index (χ0v) is 19.4. The Labute approximate surface area is 191 Å². The molecule has 2 heterocycles. The second-order valence-electron chi connectivity index (χ2n) is 7.64. The second kappa shape index (κ2) is 7.67. The summed E-state index contributed by atoms with van der Waals surface area (Å²) in [4.78, 5) is 19.4. The second-order valence-corrected chi connectivity index (χ2v) is 10.4. The maximum atomic E-state index is 13.8. The number of amides is 1. The van der Waals surface area contributed by atoms with E-state index in [1.165, 1.54) is 22.7 Å². The lowest BCUT2D eigenvalue weighted by molar-refractivity contribution is -0.124. The molecule has 0 unspecified atom stereocenters. The molecule has 0 aliphatic carbocycles. The summed E-state index contributed by atoms with van der Waals surface area (Å²) in [6.07, 6.45) is 1.52. The van der Waals surface area contributed by atoms with Crippen LogP contribution in [0.25, 0.3) is 0 Å². The van der Waals surface area contributed by atoms with Gasteiger partial charge in [0.25, 0.3) is 15.9 Å². The zero-order valence-electron chi connectivity index (χ0n) is 17.1. The van der Waals surface area contributed by atoms with E-state index in [1.807, 2.05) is 32.1 Å². The van der Waals surface area contributed by atoms with Crippen LogP contribution < -0.4 is 15.1 Å². The molecule has 0 saturated carbocycles. The molecule has 0 fully saturated rings. The molecule has 1 aliphatic rings. The van der Waals surface area contributed by atoms with E-state index >= 15 is 0 Å². The standard InChI is InChI=1S/C20H19BCl2N4O3S/c1-20(10-12-3-5-13(21)6-4-12)18(28)26(16-8-14(22)7-15(23)9-16)19-25-11-17(27(19)20)31(29,30)24-2/h3-9,11,24H,10,21H2,1-2H3/t20-/m1/s1. The first-order valence-electron chi connectivity index (χ1n) is 9.45. The van der Waals surface area contributed by atoms with E-state index in [0.717, 1.165) is 11.0 Å². The molecular formula is C20H19BCl2N4O3S. The first-order chi connectivity index (χ1) is 14.6. The van der Waals surface area contributed by atoms with Crippen molar-refractivity contribution in [3.8, 4) is 0 Å². The summed E-state index contributed by atoms with van der Waals surface area (Å²) in [7, 11) is -0.584. The van der Waals surface area contributed by atoms with Crippen molar-refractivity contribution in [2.75, 3.05) is 11.9 Å². The molecule has 0 spiro atoms. The molecule has 11 heteroatoms. The lowest BCUT2D eigenvalue weighted by atomic mass is 9.89. The average Bonchev–Trinajstić information content (AvgIpc) is 3.22. The summed E-state index contributed by atoms with van der Waals surface area (Å²) in [5.74, 6) is -0.145. The predicted octanol–water partition coefficient (Wildman–Crippen LogP) is 1.99. The minimum Gasteiger partial charge on any atom is -0.284 e. The van der Waals surface area contributed by atoms with Gasteiger partial charge in [-0.3, -0.25) is 9.36 Å². The molecule has 0 bridgehead atoms. The number of anilines is 2. The van der Waals surface area contributed by atoms with Crippen LogP contribution in [0.5, 0.6) is 0 Å². The molecule has 1 N–H and O–H groups in total. The molecular weight excluding hydrogens is 458 g/mol. The van der Waals surface area contributed by atoms with E-state index in [-0.39, 0.29) is 23.3 Å². The number of rotatable bonds is 5. The maximum absolute atomic E-state index is 13.8. The van der Waals surface area contributed by atoms with Crippen LogP contribution in [0, 0.1) is 0 Å². The van der Waals surface area contributed by atoms with E-state index in [1.54, 1.807) is 25.1 Å². The molecule has 4 rings (SSSR count). The number of benzene rings is 2. The Morgan fingerprint density at radius 2 is 1.74 bits per heavy atom. The fourth-order valence-electron chi connectivity index (χ4n) is 3.83. The van der Waals surface area contributed by atoms with E-state index in [4.69, 9.17) is 23.2 Å². The van der Waals surface area contributed by atoms with Crippen molar-refractivity contribution < 1.29 is 13.2 Å². The van der Waals surface area contributed by atoms with Gasteiger partial charge in [0.2, 0.25) is 5.95 Å². The molecule has 7 nitrogen and oxygen atoms in total. The number of hydrogen-bond acceptors (Lipinski definition) is 4. The van der Waals surface area contributed by atoms with Gasteiger partial charge in [0.05, 0.1) is 11.9 Å². The number of carbonyl (C=O) groups is 1. The van der Waals surface area contributed by atoms with Crippen LogP contribution in [0.1, 0.15) is 12.5 Å². The molecule has 1 atom stereocenters. The zero-order chi connectivity index (χ0) is 22.6. The fourth-order valence-corrected chi connectivity index (χ4v) is 5.27. The third kappa shape index (κ3) is 3.65. The fraction of sp³-hybridized carbons (Fsp3) is 0.200. The molecule has 3 aromatic rings. The number of halogens is 2. The Kier molecular flexibility index (Phi) is 5.41. The number of imidazole rings is 1. The quantitative estimate of drug-likeness (QED) is 0.570. The van der Waals surface area contributed by atoms with Crippen LogP contribution in [-0.2, 0) is 26.8 Å². The third-order valence-electron chi connectivity index (χ3n) is 5.39. The van der Waals surface area contributed by atoms with E-state index in [2.05, 4.69) is 9.71 Å². The lowest BCUT2D eigenvalue weighted by Crippen LogP contribution is -2.42. The first-order valence-corrected chi connectivity index (χ1v) is 11.7. The number of carbonyl (C=O) groups excluding carboxylic acids is 1. The molecule has 0 radical (unpaired) electrons. The Bertz CT molecular complexity index is 1270. The van der Waals surface area contributed by atoms with E-state index in [9.17, 15) is 13.2 Å². The molecule has 31 heavy (non-hydrogen) atoms. The van der Waals surface area contributed by atoms with Crippen LogP contribution in [0.4, 0.5) is 11.6 Å². The summed E-state index contributed by atoms with van der Waals surface area (Å²) in [6, 6.07) is 12.5. The van der Waals surface area contributed by atoms with Gasteiger partial charge >= 0.3 is 0 Å². The summed E-state index contributed by atoms with van der Waals surface area (Å²) in [5.41, 5.74) is 1.15. The van der Waals surface area contributed by atoms with Crippen molar-refractivity contribution in [1.82, 2.24) is 14.3 Å². The van der Waals surface area contributed by atoms with Crippen LogP contribution in [-0.4, -0.2) is 38.8 Å². The Morgan fingerprint density at radius 1 is 1.13 bits per heavy atom. The number of nitrogens with one attached hydrogen (secondary N) is 1. The van der Waals surface area contributed by atoms with Crippen LogP contribution in [0.2, 0.25) is 10.0 Å². The van der Waals surface area contributed by atoms with E-state index < -0.39 is 15.6 Å². The first kappa shape index (κ1) is 21.9. The van der Waals surface area contributed by atoms with Gasteiger partial charge in [0.15, 0.2) is 5.03 Å². The summed E-state index contributed by atoms with van der Waals surface area (Å²) >= 11 is 12.3. The highest BCUT2D eigenvalue weighted by atomic mass is 35.5. The number of nitrogens with zero attached hydrogens (tertiary/aromatic N) is 3. The van der Waals surface area contributed by atoms with Gasteiger partial charge in [0, 0.05) is 16.5 Å².